The Morgan fingerprint density at radius 3 is 2.55 bits per heavy atom. The zero-order valence-corrected chi connectivity index (χ0v) is 11.8. The van der Waals surface area contributed by atoms with Gasteiger partial charge in [-0.25, -0.2) is 0 Å². The summed E-state index contributed by atoms with van der Waals surface area (Å²) in [5.41, 5.74) is 0.874. The highest BCUT2D eigenvalue weighted by molar-refractivity contribution is 5.57. The van der Waals surface area contributed by atoms with Gasteiger partial charge in [-0.3, -0.25) is 10.1 Å². The van der Waals surface area contributed by atoms with Crippen LogP contribution in [0.5, 0.6) is 0 Å². The van der Waals surface area contributed by atoms with Crippen LogP contribution in [0.2, 0.25) is 0 Å². The Morgan fingerprint density at radius 2 is 1.95 bits per heavy atom. The van der Waals surface area contributed by atoms with Gasteiger partial charge >= 0.3 is 0 Å². The number of rotatable bonds is 4. The molecule has 1 fully saturated rings. The molecule has 1 saturated heterocycles. The first kappa shape index (κ1) is 16.6. The topological polar surface area (TPSA) is 145 Å². The molecule has 5 unspecified atom stereocenters. The standard InChI is InChI=1S/C13H18N2O7/c1-6-2-3-7(15(20)21)4-8(6)14-13-12(19)11(18)10(17)9(5-16)22-13/h2-4,9-14,16-19H,5H2,1H3. The molecule has 1 aliphatic rings. The molecule has 9 nitrogen and oxygen atoms in total. The molecular weight excluding hydrogens is 296 g/mol. The first-order valence-electron chi connectivity index (χ1n) is 6.67. The van der Waals surface area contributed by atoms with Crippen LogP contribution in [0.15, 0.2) is 18.2 Å². The molecule has 2 rings (SSSR count). The van der Waals surface area contributed by atoms with Gasteiger partial charge in [0.15, 0.2) is 6.23 Å². The van der Waals surface area contributed by atoms with Crippen LogP contribution in [0.25, 0.3) is 0 Å². The number of aryl methyl sites for hydroxylation is 1. The lowest BCUT2D eigenvalue weighted by atomic mass is 9.98. The van der Waals surface area contributed by atoms with E-state index in [1.807, 2.05) is 0 Å². The molecule has 9 heteroatoms. The molecule has 0 saturated carbocycles. The molecule has 0 aromatic heterocycles. The van der Waals surface area contributed by atoms with Gasteiger partial charge in [0.25, 0.3) is 5.69 Å². The Balaban J connectivity index is 2.22. The second-order valence-corrected chi connectivity index (χ2v) is 5.15. The van der Waals surface area contributed by atoms with Crippen LogP contribution < -0.4 is 5.32 Å². The summed E-state index contributed by atoms with van der Waals surface area (Å²) in [4.78, 5) is 10.2. The highest BCUT2D eigenvalue weighted by Gasteiger charge is 2.43. The van der Waals surface area contributed by atoms with Gasteiger partial charge < -0.3 is 30.5 Å². The normalized spacial score (nSPS) is 31.8. The zero-order valence-electron chi connectivity index (χ0n) is 11.8. The number of benzene rings is 1. The zero-order chi connectivity index (χ0) is 16.4. The van der Waals surface area contributed by atoms with E-state index in [1.165, 1.54) is 18.2 Å². The average molecular weight is 314 g/mol. The van der Waals surface area contributed by atoms with Crippen LogP contribution in [-0.2, 0) is 4.74 Å². The lowest BCUT2D eigenvalue weighted by Gasteiger charge is -2.40. The SMILES string of the molecule is Cc1ccc([N+](=O)[O-])cc1NC1OC(CO)C(O)C(O)C1O. The van der Waals surface area contributed by atoms with Gasteiger partial charge in [0.1, 0.15) is 24.4 Å². The maximum Gasteiger partial charge on any atom is 0.271 e. The molecule has 1 aliphatic heterocycles. The average Bonchev–Trinajstić information content (AvgIpc) is 2.49. The molecule has 1 aromatic carbocycles. The van der Waals surface area contributed by atoms with Crippen LogP contribution in [0, 0.1) is 17.0 Å². The summed E-state index contributed by atoms with van der Waals surface area (Å²) in [5.74, 6) is 0. The van der Waals surface area contributed by atoms with Crippen molar-refractivity contribution in [2.24, 2.45) is 0 Å². The Morgan fingerprint density at radius 1 is 1.27 bits per heavy atom. The maximum atomic E-state index is 10.8. The fourth-order valence-electron chi connectivity index (χ4n) is 2.25. The molecule has 0 aliphatic carbocycles. The Labute approximate surface area is 125 Å². The summed E-state index contributed by atoms with van der Waals surface area (Å²) in [6, 6.07) is 4.15. The summed E-state index contributed by atoms with van der Waals surface area (Å²) in [7, 11) is 0. The van der Waals surface area contributed by atoms with E-state index in [0.29, 0.717) is 11.3 Å². The van der Waals surface area contributed by atoms with Crippen molar-refractivity contribution in [2.45, 2.75) is 37.6 Å². The fourth-order valence-corrected chi connectivity index (χ4v) is 2.25. The summed E-state index contributed by atoms with van der Waals surface area (Å²) >= 11 is 0. The van der Waals surface area contributed by atoms with Gasteiger partial charge in [0, 0.05) is 17.8 Å². The number of aliphatic hydroxyl groups excluding tert-OH is 4. The molecule has 1 aromatic rings. The van der Waals surface area contributed by atoms with Crippen LogP contribution in [-0.4, -0.2) is 62.6 Å². The number of nitro groups is 1. The van der Waals surface area contributed by atoms with Gasteiger partial charge in [-0.05, 0) is 12.5 Å². The third-order valence-electron chi connectivity index (χ3n) is 3.62. The van der Waals surface area contributed by atoms with Crippen molar-refractivity contribution in [3.63, 3.8) is 0 Å². The first-order chi connectivity index (χ1) is 10.3. The number of nitrogens with zero attached hydrogens (tertiary/aromatic N) is 1. The molecule has 0 spiro atoms. The number of ether oxygens (including phenoxy) is 1. The van der Waals surface area contributed by atoms with Crippen molar-refractivity contribution in [3.05, 3.63) is 33.9 Å². The van der Waals surface area contributed by atoms with E-state index in [-0.39, 0.29) is 5.69 Å². The van der Waals surface area contributed by atoms with Crippen LogP contribution in [0.1, 0.15) is 5.56 Å². The molecule has 5 N–H and O–H groups in total. The summed E-state index contributed by atoms with van der Waals surface area (Å²) in [6.45, 7) is 1.16. The summed E-state index contributed by atoms with van der Waals surface area (Å²) < 4.78 is 5.30. The molecule has 5 atom stereocenters. The van der Waals surface area contributed by atoms with E-state index in [9.17, 15) is 25.4 Å². The quantitative estimate of drug-likeness (QED) is 0.355. The van der Waals surface area contributed by atoms with Crippen LogP contribution in [0.4, 0.5) is 11.4 Å². The van der Waals surface area contributed by atoms with E-state index in [1.54, 1.807) is 6.92 Å². The highest BCUT2D eigenvalue weighted by atomic mass is 16.6. The van der Waals surface area contributed by atoms with Gasteiger partial charge in [0.2, 0.25) is 0 Å². The minimum atomic E-state index is -1.51. The largest absolute Gasteiger partial charge is 0.394 e. The molecule has 0 bridgehead atoms. The number of hydrogen-bond donors (Lipinski definition) is 5. The molecule has 0 amide bonds. The van der Waals surface area contributed by atoms with E-state index in [4.69, 9.17) is 9.84 Å². The third-order valence-corrected chi connectivity index (χ3v) is 3.62. The van der Waals surface area contributed by atoms with E-state index >= 15 is 0 Å². The van der Waals surface area contributed by atoms with Crippen molar-refractivity contribution in [1.29, 1.82) is 0 Å². The van der Waals surface area contributed by atoms with Crippen LogP contribution in [0.3, 0.4) is 0 Å². The number of nitro benzene ring substituents is 1. The first-order valence-corrected chi connectivity index (χ1v) is 6.67. The van der Waals surface area contributed by atoms with E-state index in [0.717, 1.165) is 0 Å². The van der Waals surface area contributed by atoms with Gasteiger partial charge in [-0.2, -0.15) is 0 Å². The Bertz CT molecular complexity index is 551. The van der Waals surface area contributed by atoms with Crippen molar-refractivity contribution >= 4 is 11.4 Å². The fraction of sp³-hybridized carbons (Fsp3) is 0.538. The van der Waals surface area contributed by atoms with Gasteiger partial charge in [-0.1, -0.05) is 6.07 Å². The van der Waals surface area contributed by atoms with E-state index < -0.39 is 42.2 Å². The van der Waals surface area contributed by atoms with Crippen molar-refractivity contribution in [2.75, 3.05) is 11.9 Å². The minimum absolute atomic E-state index is 0.141. The summed E-state index contributed by atoms with van der Waals surface area (Å²) in [5, 5.41) is 52.0. The summed E-state index contributed by atoms with van der Waals surface area (Å²) in [6.07, 6.45) is -6.60. The van der Waals surface area contributed by atoms with Crippen molar-refractivity contribution < 1.29 is 30.1 Å². The number of nitrogens with one attached hydrogen (secondary N) is 1. The predicted octanol–water partition coefficient (Wildman–Crippen LogP) is -0.885. The minimum Gasteiger partial charge on any atom is -0.394 e. The Kier molecular flexibility index (Phi) is 4.94. The smallest absolute Gasteiger partial charge is 0.271 e. The van der Waals surface area contributed by atoms with Gasteiger partial charge in [0.05, 0.1) is 11.5 Å². The third kappa shape index (κ3) is 3.18. The van der Waals surface area contributed by atoms with Crippen molar-refractivity contribution in [3.8, 4) is 0 Å². The van der Waals surface area contributed by atoms with Crippen LogP contribution >= 0.6 is 0 Å². The number of hydrogen-bond acceptors (Lipinski definition) is 8. The molecule has 0 radical (unpaired) electrons. The maximum absolute atomic E-state index is 10.8. The predicted molar refractivity (Wildman–Crippen MR) is 75.2 cm³/mol. The molecule has 22 heavy (non-hydrogen) atoms. The highest BCUT2D eigenvalue weighted by Crippen LogP contribution is 2.27. The Hall–Kier alpha value is -1.78. The second-order valence-electron chi connectivity index (χ2n) is 5.15. The number of non-ortho nitro benzene ring substituents is 1. The second kappa shape index (κ2) is 6.55. The van der Waals surface area contributed by atoms with E-state index in [2.05, 4.69) is 5.32 Å². The van der Waals surface area contributed by atoms with Gasteiger partial charge in [-0.15, -0.1) is 0 Å². The molecule has 1 heterocycles. The van der Waals surface area contributed by atoms with Crippen molar-refractivity contribution in [1.82, 2.24) is 0 Å². The molecule has 122 valence electrons. The lowest BCUT2D eigenvalue weighted by molar-refractivity contribution is -0.384. The monoisotopic (exact) mass is 314 g/mol. The number of anilines is 1. The molecular formula is C13H18N2O7. The lowest BCUT2D eigenvalue weighted by Crippen LogP contribution is -2.60. The number of aliphatic hydroxyl groups is 4.